The molecule has 0 spiro atoms. The Morgan fingerprint density at radius 2 is 1.95 bits per heavy atom. The molecule has 1 amide bonds. The van der Waals surface area contributed by atoms with Gasteiger partial charge in [0.1, 0.15) is 5.76 Å². The Bertz CT molecular complexity index is 544. The quantitative estimate of drug-likeness (QED) is 0.867. The van der Waals surface area contributed by atoms with Gasteiger partial charge in [-0.3, -0.25) is 4.79 Å². The normalized spacial score (nSPS) is 10.4. The van der Waals surface area contributed by atoms with Gasteiger partial charge >= 0.3 is 0 Å². The molecule has 1 aromatic heterocycles. The molecule has 0 fully saturated rings. The summed E-state index contributed by atoms with van der Waals surface area (Å²) < 4.78 is 5.12. The second kappa shape index (κ2) is 6.20. The zero-order chi connectivity index (χ0) is 13.7. The Morgan fingerprint density at radius 1 is 1.21 bits per heavy atom. The summed E-state index contributed by atoms with van der Waals surface area (Å²) in [5.41, 5.74) is 2.54. The zero-order valence-electron chi connectivity index (χ0n) is 11.2. The molecule has 19 heavy (non-hydrogen) atoms. The molecule has 4 heteroatoms. The third-order valence-corrected chi connectivity index (χ3v) is 2.89. The molecule has 0 unspecified atom stereocenters. The smallest absolute Gasteiger partial charge is 0.259 e. The maximum absolute atomic E-state index is 12.0. The summed E-state index contributed by atoms with van der Waals surface area (Å²) in [7, 11) is 0. The fraction of sp³-hybridized carbons (Fsp3) is 0.267. The number of amides is 1. The van der Waals surface area contributed by atoms with Gasteiger partial charge in [0.15, 0.2) is 0 Å². The number of benzene rings is 1. The first-order valence-electron chi connectivity index (χ1n) is 6.36. The molecule has 0 aliphatic heterocycles. The van der Waals surface area contributed by atoms with Crippen LogP contribution >= 0.6 is 0 Å². The van der Waals surface area contributed by atoms with Gasteiger partial charge in [-0.15, -0.1) is 0 Å². The first-order chi connectivity index (χ1) is 9.20. The topological polar surface area (TPSA) is 54.3 Å². The van der Waals surface area contributed by atoms with Crippen molar-refractivity contribution in [3.05, 3.63) is 53.5 Å². The van der Waals surface area contributed by atoms with E-state index in [-0.39, 0.29) is 5.91 Å². The predicted octanol–water partition coefficient (Wildman–Crippen LogP) is 2.95. The Kier molecular flexibility index (Phi) is 4.36. The number of furan rings is 1. The molecular formula is C15H18N2O2. The van der Waals surface area contributed by atoms with E-state index >= 15 is 0 Å². The van der Waals surface area contributed by atoms with Gasteiger partial charge in [0.05, 0.1) is 11.8 Å². The third kappa shape index (κ3) is 3.45. The number of carbonyl (C=O) groups excluding carboxylic acids is 1. The summed E-state index contributed by atoms with van der Waals surface area (Å²) in [4.78, 5) is 12.0. The van der Waals surface area contributed by atoms with Crippen molar-refractivity contribution in [2.45, 2.75) is 20.4 Å². The molecule has 2 rings (SSSR count). The number of nitrogens with one attached hydrogen (secondary N) is 2. The van der Waals surface area contributed by atoms with E-state index in [0.717, 1.165) is 18.8 Å². The number of hydrogen-bond acceptors (Lipinski definition) is 3. The summed E-state index contributed by atoms with van der Waals surface area (Å²) in [6, 6.07) is 9.48. The Hall–Kier alpha value is -2.07. The lowest BCUT2D eigenvalue weighted by Crippen LogP contribution is -2.13. The van der Waals surface area contributed by atoms with Gasteiger partial charge in [0.2, 0.25) is 0 Å². The highest BCUT2D eigenvalue weighted by molar-refractivity contribution is 6.04. The van der Waals surface area contributed by atoms with Crippen LogP contribution in [-0.4, -0.2) is 12.5 Å². The molecule has 0 atom stereocenters. The maximum Gasteiger partial charge on any atom is 0.259 e. The van der Waals surface area contributed by atoms with Crippen LogP contribution in [0.5, 0.6) is 0 Å². The molecule has 0 saturated carbocycles. The van der Waals surface area contributed by atoms with Crippen molar-refractivity contribution in [3.63, 3.8) is 0 Å². The van der Waals surface area contributed by atoms with E-state index in [1.54, 1.807) is 13.0 Å². The highest BCUT2D eigenvalue weighted by Gasteiger charge is 2.11. The van der Waals surface area contributed by atoms with Gasteiger partial charge in [-0.2, -0.15) is 0 Å². The Balaban J connectivity index is 2.00. The largest absolute Gasteiger partial charge is 0.469 e. The molecule has 0 aliphatic rings. The third-order valence-electron chi connectivity index (χ3n) is 2.89. The average Bonchev–Trinajstić information content (AvgIpc) is 2.84. The highest BCUT2D eigenvalue weighted by atomic mass is 16.3. The van der Waals surface area contributed by atoms with E-state index in [1.807, 2.05) is 24.3 Å². The van der Waals surface area contributed by atoms with Crippen LogP contribution in [0.25, 0.3) is 0 Å². The maximum atomic E-state index is 12.0. The van der Waals surface area contributed by atoms with Crippen LogP contribution in [0, 0.1) is 6.92 Å². The van der Waals surface area contributed by atoms with E-state index < -0.39 is 0 Å². The van der Waals surface area contributed by atoms with Gasteiger partial charge in [-0.05, 0) is 37.2 Å². The summed E-state index contributed by atoms with van der Waals surface area (Å²) in [6.45, 7) is 5.63. The average molecular weight is 258 g/mol. The molecule has 0 aliphatic carbocycles. The van der Waals surface area contributed by atoms with Gasteiger partial charge in [0, 0.05) is 12.2 Å². The van der Waals surface area contributed by atoms with Gasteiger partial charge in [-0.25, -0.2) is 0 Å². The summed E-state index contributed by atoms with van der Waals surface area (Å²) in [6.07, 6.45) is 1.52. The zero-order valence-corrected chi connectivity index (χ0v) is 11.2. The van der Waals surface area contributed by atoms with E-state index in [1.165, 1.54) is 11.8 Å². The van der Waals surface area contributed by atoms with Crippen LogP contribution < -0.4 is 10.6 Å². The number of carbonyl (C=O) groups is 1. The number of anilines is 1. The van der Waals surface area contributed by atoms with E-state index in [9.17, 15) is 4.79 Å². The van der Waals surface area contributed by atoms with Gasteiger partial charge in [-0.1, -0.05) is 19.1 Å². The Morgan fingerprint density at radius 3 is 2.53 bits per heavy atom. The number of aryl methyl sites for hydroxylation is 1. The molecule has 1 aromatic carbocycles. The van der Waals surface area contributed by atoms with Crippen molar-refractivity contribution in [1.82, 2.24) is 5.32 Å². The number of hydrogen-bond donors (Lipinski definition) is 2. The summed E-state index contributed by atoms with van der Waals surface area (Å²) >= 11 is 0. The monoisotopic (exact) mass is 258 g/mol. The minimum atomic E-state index is -0.148. The lowest BCUT2D eigenvalue weighted by atomic mass is 10.2. The van der Waals surface area contributed by atoms with Crippen LogP contribution in [0.3, 0.4) is 0 Å². The van der Waals surface area contributed by atoms with Crippen LogP contribution in [0.4, 0.5) is 5.69 Å². The van der Waals surface area contributed by atoms with Crippen molar-refractivity contribution in [1.29, 1.82) is 0 Å². The molecule has 0 saturated heterocycles. The van der Waals surface area contributed by atoms with Crippen LogP contribution in [0.2, 0.25) is 0 Å². The van der Waals surface area contributed by atoms with Crippen LogP contribution in [0.15, 0.2) is 41.0 Å². The first kappa shape index (κ1) is 13.4. The van der Waals surface area contributed by atoms with Crippen LogP contribution in [0.1, 0.15) is 28.6 Å². The van der Waals surface area contributed by atoms with Crippen molar-refractivity contribution in [2.24, 2.45) is 0 Å². The lowest BCUT2D eigenvalue weighted by molar-refractivity contribution is 0.102. The highest BCUT2D eigenvalue weighted by Crippen LogP contribution is 2.14. The second-order valence-electron chi connectivity index (χ2n) is 4.32. The molecule has 1 heterocycles. The second-order valence-corrected chi connectivity index (χ2v) is 4.32. The van der Waals surface area contributed by atoms with E-state index in [4.69, 9.17) is 4.42 Å². The molecule has 2 aromatic rings. The fourth-order valence-electron chi connectivity index (χ4n) is 1.79. The molecule has 0 bridgehead atoms. The molecule has 0 radical (unpaired) electrons. The van der Waals surface area contributed by atoms with Crippen molar-refractivity contribution >= 4 is 11.6 Å². The predicted molar refractivity (Wildman–Crippen MR) is 75.2 cm³/mol. The molecule has 4 nitrogen and oxygen atoms in total. The van der Waals surface area contributed by atoms with E-state index in [0.29, 0.717) is 11.3 Å². The van der Waals surface area contributed by atoms with Crippen molar-refractivity contribution < 1.29 is 9.21 Å². The van der Waals surface area contributed by atoms with Gasteiger partial charge in [0.25, 0.3) is 5.91 Å². The SMILES string of the molecule is CCNCc1ccc(NC(=O)c2ccoc2C)cc1. The first-order valence-corrected chi connectivity index (χ1v) is 6.36. The fourth-order valence-corrected chi connectivity index (χ4v) is 1.79. The minimum Gasteiger partial charge on any atom is -0.469 e. The lowest BCUT2D eigenvalue weighted by Gasteiger charge is -2.06. The summed E-state index contributed by atoms with van der Waals surface area (Å²) in [5.74, 6) is 0.479. The minimum absolute atomic E-state index is 0.148. The molecular weight excluding hydrogens is 240 g/mol. The summed E-state index contributed by atoms with van der Waals surface area (Å²) in [5, 5.41) is 6.10. The van der Waals surface area contributed by atoms with Gasteiger partial charge < -0.3 is 15.1 Å². The molecule has 100 valence electrons. The standard InChI is InChI=1S/C15H18N2O2/c1-3-16-10-12-4-6-13(7-5-12)17-15(18)14-8-9-19-11(14)2/h4-9,16H,3,10H2,1-2H3,(H,17,18). The number of rotatable bonds is 5. The van der Waals surface area contributed by atoms with Crippen molar-refractivity contribution in [3.8, 4) is 0 Å². The van der Waals surface area contributed by atoms with E-state index in [2.05, 4.69) is 17.6 Å². The van der Waals surface area contributed by atoms with Crippen molar-refractivity contribution in [2.75, 3.05) is 11.9 Å². The van der Waals surface area contributed by atoms with Crippen LogP contribution in [-0.2, 0) is 6.54 Å². The Labute approximate surface area is 112 Å². The molecule has 2 N–H and O–H groups in total.